The first-order chi connectivity index (χ1) is 10.5. The molecule has 0 unspecified atom stereocenters. The Labute approximate surface area is 127 Å². The second-order valence-corrected chi connectivity index (χ2v) is 5.29. The van der Waals surface area contributed by atoms with Gasteiger partial charge in [0.05, 0.1) is 0 Å². The van der Waals surface area contributed by atoms with Gasteiger partial charge in [-0.25, -0.2) is 8.78 Å². The second-order valence-electron chi connectivity index (χ2n) is 5.29. The van der Waals surface area contributed by atoms with E-state index in [-0.39, 0.29) is 11.6 Å². The molecule has 0 aliphatic heterocycles. The van der Waals surface area contributed by atoms with Crippen LogP contribution in [0.25, 0.3) is 0 Å². The van der Waals surface area contributed by atoms with Crippen molar-refractivity contribution in [1.82, 2.24) is 10.3 Å². The van der Waals surface area contributed by atoms with Gasteiger partial charge in [0.25, 0.3) is 5.91 Å². The number of hydrogen-bond donors (Lipinski definition) is 2. The number of carbonyl (C=O) groups excluding carboxylic acids is 1. The molecule has 0 saturated carbocycles. The van der Waals surface area contributed by atoms with Crippen LogP contribution in [0, 0.1) is 17.6 Å². The second kappa shape index (κ2) is 6.98. The summed E-state index contributed by atoms with van der Waals surface area (Å²) < 4.78 is 26.1. The van der Waals surface area contributed by atoms with Crippen molar-refractivity contribution in [3.05, 3.63) is 53.9 Å². The minimum atomic E-state index is -0.936. The van der Waals surface area contributed by atoms with Gasteiger partial charge in [-0.05, 0) is 30.2 Å². The van der Waals surface area contributed by atoms with E-state index in [0.717, 1.165) is 12.1 Å². The first-order valence-corrected chi connectivity index (χ1v) is 6.92. The molecule has 1 aromatic carbocycles. The molecule has 0 spiro atoms. The molecule has 2 rings (SSSR count). The van der Waals surface area contributed by atoms with Crippen LogP contribution in [0.3, 0.4) is 0 Å². The topological polar surface area (TPSA) is 54.0 Å². The number of benzene rings is 1. The van der Waals surface area contributed by atoms with E-state index in [0.29, 0.717) is 23.8 Å². The van der Waals surface area contributed by atoms with Crippen LogP contribution in [0.5, 0.6) is 0 Å². The van der Waals surface area contributed by atoms with E-state index in [4.69, 9.17) is 0 Å². The highest BCUT2D eigenvalue weighted by Gasteiger charge is 2.09. The molecule has 0 aliphatic rings. The van der Waals surface area contributed by atoms with E-state index in [1.54, 1.807) is 12.1 Å². The van der Waals surface area contributed by atoms with Gasteiger partial charge < -0.3 is 10.6 Å². The van der Waals surface area contributed by atoms with Crippen molar-refractivity contribution in [3.8, 4) is 0 Å². The molecular weight excluding hydrogens is 288 g/mol. The average Bonchev–Trinajstić information content (AvgIpc) is 2.49. The molecule has 116 valence electrons. The summed E-state index contributed by atoms with van der Waals surface area (Å²) in [6, 6.07) is 6.69. The van der Waals surface area contributed by atoms with Crippen molar-refractivity contribution in [1.29, 1.82) is 0 Å². The fraction of sp³-hybridized carbons (Fsp3) is 0.250. The number of amides is 1. The summed E-state index contributed by atoms with van der Waals surface area (Å²) in [5.74, 6) is -1.78. The van der Waals surface area contributed by atoms with Crippen molar-refractivity contribution in [2.24, 2.45) is 5.92 Å². The van der Waals surface area contributed by atoms with Crippen molar-refractivity contribution in [2.75, 3.05) is 11.9 Å². The Hall–Kier alpha value is -2.50. The lowest BCUT2D eigenvalue weighted by atomic mass is 10.2. The zero-order chi connectivity index (χ0) is 16.1. The Morgan fingerprint density at radius 3 is 2.55 bits per heavy atom. The van der Waals surface area contributed by atoms with Crippen molar-refractivity contribution >= 4 is 17.3 Å². The molecule has 0 radical (unpaired) electrons. The Morgan fingerprint density at radius 1 is 1.14 bits per heavy atom. The highest BCUT2D eigenvalue weighted by atomic mass is 19.2. The fourth-order valence-corrected chi connectivity index (χ4v) is 1.76. The molecular formula is C16H17F2N3O. The van der Waals surface area contributed by atoms with E-state index in [9.17, 15) is 13.6 Å². The summed E-state index contributed by atoms with van der Waals surface area (Å²) in [5.41, 5.74) is 1.21. The van der Waals surface area contributed by atoms with Crippen LogP contribution in [0.1, 0.15) is 24.3 Å². The number of anilines is 2. The van der Waals surface area contributed by atoms with E-state index in [2.05, 4.69) is 15.6 Å². The number of nitrogens with one attached hydrogen (secondary N) is 2. The summed E-state index contributed by atoms with van der Waals surface area (Å²) in [5, 5.41) is 5.67. The zero-order valence-electron chi connectivity index (χ0n) is 12.4. The van der Waals surface area contributed by atoms with Gasteiger partial charge in [-0.15, -0.1) is 0 Å². The molecule has 4 nitrogen and oxygen atoms in total. The van der Waals surface area contributed by atoms with Crippen LogP contribution in [-0.4, -0.2) is 17.4 Å². The quantitative estimate of drug-likeness (QED) is 0.889. The summed E-state index contributed by atoms with van der Waals surface area (Å²) >= 11 is 0. The molecule has 6 heteroatoms. The first-order valence-electron chi connectivity index (χ1n) is 6.92. The summed E-state index contributed by atoms with van der Waals surface area (Å²) in [7, 11) is 0. The van der Waals surface area contributed by atoms with Crippen molar-refractivity contribution in [2.45, 2.75) is 13.8 Å². The molecule has 2 N–H and O–H groups in total. The van der Waals surface area contributed by atoms with Gasteiger partial charge in [0.15, 0.2) is 11.6 Å². The van der Waals surface area contributed by atoms with Gasteiger partial charge in [0.2, 0.25) is 0 Å². The first kappa shape index (κ1) is 15.9. The molecule has 1 amide bonds. The van der Waals surface area contributed by atoms with Crippen molar-refractivity contribution < 1.29 is 13.6 Å². The van der Waals surface area contributed by atoms with E-state index >= 15 is 0 Å². The number of nitrogens with zero attached hydrogens (tertiary/aromatic N) is 1. The Morgan fingerprint density at radius 2 is 1.86 bits per heavy atom. The fourth-order valence-electron chi connectivity index (χ4n) is 1.76. The summed E-state index contributed by atoms with van der Waals surface area (Å²) in [6.07, 6.45) is 1.48. The lowest BCUT2D eigenvalue weighted by Crippen LogP contribution is -2.28. The molecule has 0 atom stereocenters. The van der Waals surface area contributed by atoms with Gasteiger partial charge in [0.1, 0.15) is 5.69 Å². The normalized spacial score (nSPS) is 10.6. The lowest BCUT2D eigenvalue weighted by Gasteiger charge is -2.10. The number of halogens is 2. The molecule has 0 saturated heterocycles. The third kappa shape index (κ3) is 4.25. The maximum Gasteiger partial charge on any atom is 0.269 e. The Bertz CT molecular complexity index is 674. The van der Waals surface area contributed by atoms with Gasteiger partial charge in [-0.1, -0.05) is 13.8 Å². The van der Waals surface area contributed by atoms with Crippen LogP contribution < -0.4 is 10.6 Å². The van der Waals surface area contributed by atoms with Crippen LogP contribution in [0.2, 0.25) is 0 Å². The van der Waals surface area contributed by atoms with Gasteiger partial charge in [-0.3, -0.25) is 9.78 Å². The zero-order valence-corrected chi connectivity index (χ0v) is 12.4. The molecule has 2 aromatic rings. The third-order valence-electron chi connectivity index (χ3n) is 2.87. The minimum Gasteiger partial charge on any atom is -0.355 e. The van der Waals surface area contributed by atoms with E-state index in [1.165, 1.54) is 12.3 Å². The number of hydrogen-bond acceptors (Lipinski definition) is 3. The molecule has 22 heavy (non-hydrogen) atoms. The molecule has 1 aromatic heterocycles. The van der Waals surface area contributed by atoms with Gasteiger partial charge in [-0.2, -0.15) is 0 Å². The average molecular weight is 305 g/mol. The molecule has 1 heterocycles. The van der Waals surface area contributed by atoms with Gasteiger partial charge in [0, 0.05) is 30.2 Å². The Balaban J connectivity index is 2.10. The third-order valence-corrected chi connectivity index (χ3v) is 2.87. The largest absolute Gasteiger partial charge is 0.355 e. The van der Waals surface area contributed by atoms with E-state index < -0.39 is 11.6 Å². The maximum absolute atomic E-state index is 13.2. The number of carbonyl (C=O) groups is 1. The molecule has 0 aliphatic carbocycles. The highest BCUT2D eigenvalue weighted by Crippen LogP contribution is 2.19. The van der Waals surface area contributed by atoms with Gasteiger partial charge >= 0.3 is 0 Å². The standard InChI is InChI=1S/C16H17F2N3O/c1-10(2)9-20-16(22)15-8-12(5-6-19-15)21-11-3-4-13(17)14(18)7-11/h3-8,10H,9H2,1-2H3,(H,19,21)(H,20,22). The SMILES string of the molecule is CC(C)CNC(=O)c1cc(Nc2ccc(F)c(F)c2)ccn1. The number of rotatable bonds is 5. The van der Waals surface area contributed by atoms with Crippen LogP contribution >= 0.6 is 0 Å². The number of pyridine rings is 1. The predicted octanol–water partition coefficient (Wildman–Crippen LogP) is 3.49. The minimum absolute atomic E-state index is 0.258. The van der Waals surface area contributed by atoms with Crippen molar-refractivity contribution in [3.63, 3.8) is 0 Å². The van der Waals surface area contributed by atoms with Crippen LogP contribution in [0.4, 0.5) is 20.2 Å². The van der Waals surface area contributed by atoms with E-state index in [1.807, 2.05) is 13.8 Å². The smallest absolute Gasteiger partial charge is 0.269 e. The molecule has 0 bridgehead atoms. The highest BCUT2D eigenvalue weighted by molar-refractivity contribution is 5.93. The monoisotopic (exact) mass is 305 g/mol. The maximum atomic E-state index is 13.2. The summed E-state index contributed by atoms with van der Waals surface area (Å²) in [6.45, 7) is 4.55. The predicted molar refractivity (Wildman–Crippen MR) is 81.0 cm³/mol. The van der Waals surface area contributed by atoms with Crippen LogP contribution in [0.15, 0.2) is 36.5 Å². The number of aromatic nitrogens is 1. The molecule has 0 fully saturated rings. The lowest BCUT2D eigenvalue weighted by molar-refractivity contribution is 0.0944. The summed E-state index contributed by atoms with van der Waals surface area (Å²) in [4.78, 5) is 15.9. The Kier molecular flexibility index (Phi) is 5.04. The van der Waals surface area contributed by atoms with Crippen LogP contribution in [-0.2, 0) is 0 Å².